The zero-order valence-electron chi connectivity index (χ0n) is 14.2. The summed E-state index contributed by atoms with van der Waals surface area (Å²) in [5, 5.41) is 0. The van der Waals surface area contributed by atoms with Crippen LogP contribution in [0.2, 0.25) is 0 Å². The lowest BCUT2D eigenvalue weighted by molar-refractivity contribution is 0.647. The molecule has 0 bridgehead atoms. The van der Waals surface area contributed by atoms with Gasteiger partial charge in [-0.15, -0.1) is 0 Å². The molecule has 0 nitrogen and oxygen atoms in total. The maximum absolute atomic E-state index is 3.31. The lowest BCUT2D eigenvalue weighted by Crippen LogP contribution is -1.94. The third kappa shape index (κ3) is 5.41. The monoisotopic (exact) mass is 290 g/mol. The lowest BCUT2D eigenvalue weighted by Gasteiger charge is -2.05. The van der Waals surface area contributed by atoms with Gasteiger partial charge in [0.1, 0.15) is 0 Å². The Kier molecular flexibility index (Phi) is 5.84. The molecule has 0 saturated carbocycles. The Bertz CT molecular complexity index is 608. The highest BCUT2D eigenvalue weighted by atomic mass is 14.0. The fourth-order valence-corrected chi connectivity index (χ4v) is 2.64. The molecule has 0 aliphatic heterocycles. The largest absolute Gasteiger partial charge is 0.0625 e. The standard InChI is InChI=1S/C22H26/c1-17(2)13-21-9-5-7-19(15-21)11-12-20-8-6-10-22(16-20)14-18(3)4/h5-10,15-18H,13-14H2,1-4H3. The minimum absolute atomic E-state index is 0.677. The Hall–Kier alpha value is -2.00. The van der Waals surface area contributed by atoms with Gasteiger partial charge in [0, 0.05) is 11.1 Å². The molecule has 0 N–H and O–H groups in total. The van der Waals surface area contributed by atoms with Crippen molar-refractivity contribution in [3.8, 4) is 11.8 Å². The average molecular weight is 290 g/mol. The summed E-state index contributed by atoms with van der Waals surface area (Å²) in [7, 11) is 0. The molecule has 0 unspecified atom stereocenters. The maximum atomic E-state index is 3.31. The molecule has 0 radical (unpaired) electrons. The van der Waals surface area contributed by atoms with Gasteiger partial charge in [-0.25, -0.2) is 0 Å². The molecule has 2 rings (SSSR count). The molecule has 114 valence electrons. The van der Waals surface area contributed by atoms with Crippen LogP contribution in [0.4, 0.5) is 0 Å². The van der Waals surface area contributed by atoms with Crippen molar-refractivity contribution in [2.24, 2.45) is 11.8 Å². The highest BCUT2D eigenvalue weighted by Crippen LogP contribution is 2.12. The first-order valence-electron chi connectivity index (χ1n) is 8.23. The predicted octanol–water partition coefficient (Wildman–Crippen LogP) is 5.48. The van der Waals surface area contributed by atoms with Gasteiger partial charge in [0.25, 0.3) is 0 Å². The van der Waals surface area contributed by atoms with Crippen LogP contribution in [0.25, 0.3) is 0 Å². The van der Waals surface area contributed by atoms with Crippen LogP contribution in [-0.2, 0) is 12.8 Å². The molecular weight excluding hydrogens is 264 g/mol. The molecule has 22 heavy (non-hydrogen) atoms. The van der Waals surface area contributed by atoms with E-state index in [9.17, 15) is 0 Å². The van der Waals surface area contributed by atoms with Gasteiger partial charge in [-0.3, -0.25) is 0 Å². The molecule has 0 aliphatic carbocycles. The number of hydrogen-bond acceptors (Lipinski definition) is 0. The van der Waals surface area contributed by atoms with Crippen molar-refractivity contribution >= 4 is 0 Å². The molecule has 0 fully saturated rings. The van der Waals surface area contributed by atoms with E-state index in [-0.39, 0.29) is 0 Å². The number of benzene rings is 2. The van der Waals surface area contributed by atoms with Crippen LogP contribution in [-0.4, -0.2) is 0 Å². The molecule has 0 atom stereocenters. The van der Waals surface area contributed by atoms with Crippen LogP contribution in [0, 0.1) is 23.7 Å². The van der Waals surface area contributed by atoms with Crippen molar-refractivity contribution in [2.45, 2.75) is 40.5 Å². The van der Waals surface area contributed by atoms with Crippen molar-refractivity contribution in [1.82, 2.24) is 0 Å². The number of hydrogen-bond donors (Lipinski definition) is 0. The molecule has 0 spiro atoms. The van der Waals surface area contributed by atoms with E-state index in [0.29, 0.717) is 11.8 Å². The molecule has 0 aliphatic rings. The molecule has 2 aromatic carbocycles. The van der Waals surface area contributed by atoms with Gasteiger partial charge in [-0.2, -0.15) is 0 Å². The van der Waals surface area contributed by atoms with Gasteiger partial charge in [0.2, 0.25) is 0 Å². The van der Waals surface area contributed by atoms with Crippen molar-refractivity contribution in [2.75, 3.05) is 0 Å². The summed E-state index contributed by atoms with van der Waals surface area (Å²) in [6.07, 6.45) is 2.22. The van der Waals surface area contributed by atoms with Crippen LogP contribution < -0.4 is 0 Å². The zero-order valence-corrected chi connectivity index (χ0v) is 14.2. The van der Waals surface area contributed by atoms with Crippen LogP contribution in [0.1, 0.15) is 49.9 Å². The minimum atomic E-state index is 0.677. The van der Waals surface area contributed by atoms with Gasteiger partial charge in [-0.05, 0) is 60.1 Å². The Morgan fingerprint density at radius 1 is 0.682 bits per heavy atom. The van der Waals surface area contributed by atoms with E-state index in [1.807, 2.05) is 0 Å². The second-order valence-electron chi connectivity index (χ2n) is 6.85. The molecule has 0 amide bonds. The Labute approximate surface area is 135 Å². The first kappa shape index (κ1) is 16.4. The van der Waals surface area contributed by atoms with Crippen molar-refractivity contribution in [3.05, 3.63) is 70.8 Å². The Balaban J connectivity index is 2.16. The summed E-state index contributed by atoms with van der Waals surface area (Å²) in [6.45, 7) is 8.99. The van der Waals surface area contributed by atoms with Crippen LogP contribution in [0.15, 0.2) is 48.5 Å². The summed E-state index contributed by atoms with van der Waals surface area (Å²) in [5.41, 5.74) is 4.95. The summed E-state index contributed by atoms with van der Waals surface area (Å²) in [6, 6.07) is 17.2. The van der Waals surface area contributed by atoms with E-state index in [4.69, 9.17) is 0 Å². The second-order valence-corrected chi connectivity index (χ2v) is 6.85. The molecule has 2 aromatic rings. The third-order valence-electron chi connectivity index (χ3n) is 3.49. The predicted molar refractivity (Wildman–Crippen MR) is 95.9 cm³/mol. The van der Waals surface area contributed by atoms with Crippen molar-refractivity contribution in [3.63, 3.8) is 0 Å². The first-order chi connectivity index (χ1) is 10.5. The molecule has 0 heteroatoms. The van der Waals surface area contributed by atoms with E-state index in [1.165, 1.54) is 11.1 Å². The summed E-state index contributed by atoms with van der Waals surface area (Å²) in [4.78, 5) is 0. The van der Waals surface area contributed by atoms with Crippen LogP contribution >= 0.6 is 0 Å². The van der Waals surface area contributed by atoms with E-state index >= 15 is 0 Å². The zero-order chi connectivity index (χ0) is 15.9. The van der Waals surface area contributed by atoms with E-state index in [1.54, 1.807) is 0 Å². The highest BCUT2D eigenvalue weighted by Gasteiger charge is 1.99. The Morgan fingerprint density at radius 2 is 1.09 bits per heavy atom. The van der Waals surface area contributed by atoms with E-state index in [2.05, 4.69) is 88.1 Å². The van der Waals surface area contributed by atoms with Gasteiger partial charge in [-0.1, -0.05) is 63.8 Å². The second kappa shape index (κ2) is 7.85. The first-order valence-corrected chi connectivity index (χ1v) is 8.23. The van der Waals surface area contributed by atoms with Gasteiger partial charge in [0.15, 0.2) is 0 Å². The lowest BCUT2D eigenvalue weighted by atomic mass is 10.00. The normalized spacial score (nSPS) is 10.6. The third-order valence-corrected chi connectivity index (χ3v) is 3.49. The average Bonchev–Trinajstić information content (AvgIpc) is 2.44. The van der Waals surface area contributed by atoms with Gasteiger partial charge in [0.05, 0.1) is 0 Å². The summed E-state index contributed by atoms with van der Waals surface area (Å²) in [5.74, 6) is 7.96. The summed E-state index contributed by atoms with van der Waals surface area (Å²) >= 11 is 0. The maximum Gasteiger partial charge on any atom is 0.0251 e. The summed E-state index contributed by atoms with van der Waals surface area (Å²) < 4.78 is 0. The molecule has 0 heterocycles. The van der Waals surface area contributed by atoms with E-state index in [0.717, 1.165) is 24.0 Å². The van der Waals surface area contributed by atoms with Crippen LogP contribution in [0.3, 0.4) is 0 Å². The van der Waals surface area contributed by atoms with Crippen molar-refractivity contribution in [1.29, 1.82) is 0 Å². The fourth-order valence-electron chi connectivity index (χ4n) is 2.64. The number of rotatable bonds is 4. The quantitative estimate of drug-likeness (QED) is 0.654. The topological polar surface area (TPSA) is 0 Å². The molecule has 0 aromatic heterocycles. The SMILES string of the molecule is CC(C)Cc1cccc(C#Cc2cccc(CC(C)C)c2)c1. The minimum Gasteiger partial charge on any atom is -0.0625 e. The van der Waals surface area contributed by atoms with E-state index < -0.39 is 0 Å². The fraction of sp³-hybridized carbons (Fsp3) is 0.364. The Morgan fingerprint density at radius 3 is 1.45 bits per heavy atom. The van der Waals surface area contributed by atoms with Crippen molar-refractivity contribution < 1.29 is 0 Å². The van der Waals surface area contributed by atoms with Gasteiger partial charge >= 0.3 is 0 Å². The molecule has 0 saturated heterocycles. The smallest absolute Gasteiger partial charge is 0.0251 e. The highest BCUT2D eigenvalue weighted by molar-refractivity contribution is 5.45. The van der Waals surface area contributed by atoms with Gasteiger partial charge < -0.3 is 0 Å². The van der Waals surface area contributed by atoms with Crippen LogP contribution in [0.5, 0.6) is 0 Å². The molecular formula is C22H26.